The minimum atomic E-state index is 0.0232. The first-order chi connectivity index (χ1) is 6.07. The number of hydrogen-bond acceptors (Lipinski definition) is 3. The molecule has 0 aromatic carbocycles. The Bertz CT molecular complexity index is 294. The number of aromatic nitrogens is 1. The van der Waals surface area contributed by atoms with Gasteiger partial charge in [0.05, 0.1) is 6.20 Å². The molecule has 0 saturated carbocycles. The van der Waals surface area contributed by atoms with E-state index >= 15 is 0 Å². The molecule has 1 fully saturated rings. The van der Waals surface area contributed by atoms with Crippen LogP contribution >= 0.6 is 0 Å². The van der Waals surface area contributed by atoms with E-state index < -0.39 is 0 Å². The normalized spacial score (nSPS) is 18.7. The minimum Gasteiger partial charge on any atom is -0.445 e. The maximum absolute atomic E-state index is 5.70. The lowest BCUT2D eigenvalue weighted by atomic mass is 9.97. The van der Waals surface area contributed by atoms with E-state index in [0.717, 1.165) is 24.7 Å². The zero-order chi connectivity index (χ0) is 9.47. The highest BCUT2D eigenvalue weighted by Gasteiger charge is 2.26. The summed E-state index contributed by atoms with van der Waals surface area (Å²) in [7, 11) is 0. The number of nitrogens with zero attached hydrogens (tertiary/aromatic N) is 1. The standard InChI is InChI=1S/C10H16N2O/c1-10(2,3)9-12-6-8(13-9)7-4-11-5-7/h6-7,11H,4-5H2,1-3H3. The van der Waals surface area contributed by atoms with Crippen LogP contribution in [0, 0.1) is 0 Å². The highest BCUT2D eigenvalue weighted by molar-refractivity contribution is 5.10. The molecule has 0 unspecified atom stereocenters. The van der Waals surface area contributed by atoms with Crippen molar-refractivity contribution in [3.05, 3.63) is 17.8 Å². The van der Waals surface area contributed by atoms with Crippen molar-refractivity contribution < 1.29 is 4.42 Å². The zero-order valence-electron chi connectivity index (χ0n) is 8.42. The molecule has 2 rings (SSSR count). The average molecular weight is 180 g/mol. The van der Waals surface area contributed by atoms with Crippen molar-refractivity contribution in [2.75, 3.05) is 13.1 Å². The molecule has 72 valence electrons. The molecule has 0 spiro atoms. The quantitative estimate of drug-likeness (QED) is 0.714. The Hall–Kier alpha value is -0.830. The largest absolute Gasteiger partial charge is 0.445 e. The molecule has 2 heterocycles. The van der Waals surface area contributed by atoms with E-state index in [1.165, 1.54) is 0 Å². The van der Waals surface area contributed by atoms with Gasteiger partial charge in [0.15, 0.2) is 5.89 Å². The van der Waals surface area contributed by atoms with Crippen LogP contribution in [0.1, 0.15) is 38.3 Å². The van der Waals surface area contributed by atoms with Gasteiger partial charge in [0.25, 0.3) is 0 Å². The summed E-state index contributed by atoms with van der Waals surface area (Å²) in [6.45, 7) is 8.39. The lowest BCUT2D eigenvalue weighted by Gasteiger charge is -2.24. The maximum Gasteiger partial charge on any atom is 0.199 e. The van der Waals surface area contributed by atoms with Crippen LogP contribution in [-0.4, -0.2) is 18.1 Å². The van der Waals surface area contributed by atoms with E-state index in [9.17, 15) is 0 Å². The van der Waals surface area contributed by atoms with Crippen molar-refractivity contribution in [3.63, 3.8) is 0 Å². The molecular formula is C10H16N2O. The van der Waals surface area contributed by atoms with Crippen LogP contribution < -0.4 is 5.32 Å². The summed E-state index contributed by atoms with van der Waals surface area (Å²) in [4.78, 5) is 4.30. The first-order valence-corrected chi connectivity index (χ1v) is 4.74. The van der Waals surface area contributed by atoms with Crippen molar-refractivity contribution in [1.29, 1.82) is 0 Å². The maximum atomic E-state index is 5.70. The van der Waals surface area contributed by atoms with E-state index in [2.05, 4.69) is 31.1 Å². The predicted molar refractivity (Wildman–Crippen MR) is 50.8 cm³/mol. The lowest BCUT2D eigenvalue weighted by Crippen LogP contribution is -2.39. The molecule has 1 aromatic rings. The second-order valence-electron chi connectivity index (χ2n) is 4.67. The fourth-order valence-electron chi connectivity index (χ4n) is 1.31. The topological polar surface area (TPSA) is 38.1 Å². The van der Waals surface area contributed by atoms with Crippen molar-refractivity contribution in [2.45, 2.75) is 32.1 Å². The SMILES string of the molecule is CC(C)(C)c1ncc(C2CNC2)o1. The Balaban J connectivity index is 2.17. The fraction of sp³-hybridized carbons (Fsp3) is 0.700. The summed E-state index contributed by atoms with van der Waals surface area (Å²) in [5, 5.41) is 3.22. The predicted octanol–water partition coefficient (Wildman–Crippen LogP) is 1.66. The molecule has 13 heavy (non-hydrogen) atoms. The third-order valence-corrected chi connectivity index (χ3v) is 2.35. The molecule has 0 atom stereocenters. The van der Waals surface area contributed by atoms with Gasteiger partial charge in [0.2, 0.25) is 0 Å². The van der Waals surface area contributed by atoms with Crippen LogP contribution in [0.3, 0.4) is 0 Å². The Morgan fingerprint density at radius 1 is 1.46 bits per heavy atom. The molecule has 0 amide bonds. The van der Waals surface area contributed by atoms with Crippen LogP contribution in [0.5, 0.6) is 0 Å². The van der Waals surface area contributed by atoms with Crippen LogP contribution in [0.2, 0.25) is 0 Å². The van der Waals surface area contributed by atoms with Crippen molar-refractivity contribution >= 4 is 0 Å². The van der Waals surface area contributed by atoms with E-state index in [-0.39, 0.29) is 5.41 Å². The molecule has 1 saturated heterocycles. The molecule has 1 N–H and O–H groups in total. The molecule has 0 aliphatic carbocycles. The smallest absolute Gasteiger partial charge is 0.199 e. The van der Waals surface area contributed by atoms with Gasteiger partial charge in [-0.05, 0) is 0 Å². The van der Waals surface area contributed by atoms with E-state index in [4.69, 9.17) is 4.42 Å². The third-order valence-electron chi connectivity index (χ3n) is 2.35. The number of oxazole rings is 1. The molecule has 1 aliphatic heterocycles. The van der Waals surface area contributed by atoms with Crippen molar-refractivity contribution in [1.82, 2.24) is 10.3 Å². The molecule has 0 bridgehead atoms. The molecule has 1 aromatic heterocycles. The first-order valence-electron chi connectivity index (χ1n) is 4.74. The van der Waals surface area contributed by atoms with Gasteiger partial charge >= 0.3 is 0 Å². The Labute approximate surface area is 78.5 Å². The van der Waals surface area contributed by atoms with Gasteiger partial charge in [-0.1, -0.05) is 20.8 Å². The van der Waals surface area contributed by atoms with E-state index in [1.54, 1.807) is 0 Å². The lowest BCUT2D eigenvalue weighted by molar-refractivity contribution is 0.323. The summed E-state index contributed by atoms with van der Waals surface area (Å²) in [5.74, 6) is 2.42. The minimum absolute atomic E-state index is 0.0232. The molecule has 3 heteroatoms. The molecular weight excluding hydrogens is 164 g/mol. The zero-order valence-corrected chi connectivity index (χ0v) is 8.42. The molecule has 1 aliphatic rings. The highest BCUT2D eigenvalue weighted by Crippen LogP contribution is 2.26. The summed E-state index contributed by atoms with van der Waals surface area (Å²) in [6, 6.07) is 0. The Morgan fingerprint density at radius 3 is 2.54 bits per heavy atom. The van der Waals surface area contributed by atoms with E-state index in [0.29, 0.717) is 5.92 Å². The van der Waals surface area contributed by atoms with Gasteiger partial charge in [-0.3, -0.25) is 0 Å². The van der Waals surface area contributed by atoms with Crippen LogP contribution in [-0.2, 0) is 5.41 Å². The van der Waals surface area contributed by atoms with Crippen LogP contribution in [0.15, 0.2) is 10.6 Å². The number of hydrogen-bond donors (Lipinski definition) is 1. The number of nitrogens with one attached hydrogen (secondary N) is 1. The number of rotatable bonds is 1. The second kappa shape index (κ2) is 2.84. The summed E-state index contributed by atoms with van der Waals surface area (Å²) >= 11 is 0. The Morgan fingerprint density at radius 2 is 2.15 bits per heavy atom. The summed E-state index contributed by atoms with van der Waals surface area (Å²) < 4.78 is 5.70. The highest BCUT2D eigenvalue weighted by atomic mass is 16.4. The van der Waals surface area contributed by atoms with Gasteiger partial charge in [-0.2, -0.15) is 0 Å². The third kappa shape index (κ3) is 1.61. The summed E-state index contributed by atoms with van der Waals surface area (Å²) in [5.41, 5.74) is 0.0232. The second-order valence-corrected chi connectivity index (χ2v) is 4.67. The van der Waals surface area contributed by atoms with Gasteiger partial charge in [0.1, 0.15) is 5.76 Å². The van der Waals surface area contributed by atoms with Crippen LogP contribution in [0.4, 0.5) is 0 Å². The van der Waals surface area contributed by atoms with Gasteiger partial charge in [-0.15, -0.1) is 0 Å². The summed E-state index contributed by atoms with van der Waals surface area (Å²) in [6.07, 6.45) is 1.87. The van der Waals surface area contributed by atoms with Gasteiger partial charge in [-0.25, -0.2) is 4.98 Å². The fourth-order valence-corrected chi connectivity index (χ4v) is 1.31. The van der Waals surface area contributed by atoms with Gasteiger partial charge in [0, 0.05) is 24.4 Å². The average Bonchev–Trinajstić information content (AvgIpc) is 2.29. The first kappa shape index (κ1) is 8.75. The monoisotopic (exact) mass is 180 g/mol. The molecule has 3 nitrogen and oxygen atoms in total. The van der Waals surface area contributed by atoms with E-state index in [1.807, 2.05) is 6.20 Å². The van der Waals surface area contributed by atoms with Crippen LogP contribution in [0.25, 0.3) is 0 Å². The van der Waals surface area contributed by atoms with Crippen molar-refractivity contribution in [2.24, 2.45) is 0 Å². The Kier molecular flexibility index (Phi) is 1.91. The molecule has 0 radical (unpaired) electrons. The van der Waals surface area contributed by atoms with Crippen molar-refractivity contribution in [3.8, 4) is 0 Å². The van der Waals surface area contributed by atoms with Gasteiger partial charge < -0.3 is 9.73 Å².